The van der Waals surface area contributed by atoms with Gasteiger partial charge < -0.3 is 10.4 Å². The highest BCUT2D eigenvalue weighted by atomic mass is 16.3. The van der Waals surface area contributed by atoms with Gasteiger partial charge in [0.1, 0.15) is 5.75 Å². The fourth-order valence-corrected chi connectivity index (χ4v) is 1.70. The third-order valence-electron chi connectivity index (χ3n) is 2.78. The van der Waals surface area contributed by atoms with Gasteiger partial charge in [-0.25, -0.2) is 0 Å². The Morgan fingerprint density at radius 2 is 1.94 bits per heavy atom. The van der Waals surface area contributed by atoms with Crippen molar-refractivity contribution in [1.29, 1.82) is 0 Å². The molecule has 0 saturated carbocycles. The third-order valence-corrected chi connectivity index (χ3v) is 2.78. The molecule has 0 aliphatic heterocycles. The van der Waals surface area contributed by atoms with Crippen LogP contribution in [0.3, 0.4) is 0 Å². The summed E-state index contributed by atoms with van der Waals surface area (Å²) >= 11 is 0. The van der Waals surface area contributed by atoms with E-state index in [-0.39, 0.29) is 0 Å². The van der Waals surface area contributed by atoms with E-state index in [2.05, 4.69) is 19.2 Å². The summed E-state index contributed by atoms with van der Waals surface area (Å²) in [5.74, 6) is 1.06. The van der Waals surface area contributed by atoms with Crippen LogP contribution < -0.4 is 5.32 Å². The number of hydrogen-bond acceptors (Lipinski definition) is 2. The summed E-state index contributed by atoms with van der Waals surface area (Å²) < 4.78 is 0. The second kappa shape index (κ2) is 7.29. The molecule has 1 unspecified atom stereocenters. The first-order valence-electron chi connectivity index (χ1n) is 6.21. The molecule has 90 valence electrons. The zero-order valence-electron chi connectivity index (χ0n) is 10.4. The van der Waals surface area contributed by atoms with Gasteiger partial charge in [0.25, 0.3) is 0 Å². The number of rotatable bonds is 7. The normalized spacial score (nSPS) is 12.6. The van der Waals surface area contributed by atoms with E-state index in [9.17, 15) is 0 Å². The summed E-state index contributed by atoms with van der Waals surface area (Å²) in [4.78, 5) is 0. The van der Waals surface area contributed by atoms with Crippen LogP contribution in [0.2, 0.25) is 0 Å². The lowest BCUT2D eigenvalue weighted by Crippen LogP contribution is -2.22. The lowest BCUT2D eigenvalue weighted by molar-refractivity contribution is 0.473. The maximum absolute atomic E-state index is 9.17. The Kier molecular flexibility index (Phi) is 5.94. The highest BCUT2D eigenvalue weighted by Gasteiger charge is 2.02. The van der Waals surface area contributed by atoms with Crippen LogP contribution in [0, 0.1) is 5.92 Å². The average Bonchev–Trinajstić information content (AvgIpc) is 2.29. The largest absolute Gasteiger partial charge is 0.508 e. The van der Waals surface area contributed by atoms with Crippen LogP contribution in [0.25, 0.3) is 0 Å². The van der Waals surface area contributed by atoms with E-state index in [4.69, 9.17) is 5.11 Å². The van der Waals surface area contributed by atoms with Gasteiger partial charge in [-0.15, -0.1) is 0 Å². The van der Waals surface area contributed by atoms with Crippen molar-refractivity contribution in [3.63, 3.8) is 0 Å². The molecule has 0 bridgehead atoms. The first-order valence-corrected chi connectivity index (χ1v) is 6.21. The van der Waals surface area contributed by atoms with Gasteiger partial charge in [0, 0.05) is 0 Å². The molecule has 2 nitrogen and oxygen atoms in total. The smallest absolute Gasteiger partial charge is 0.115 e. The molecule has 1 aromatic rings. The van der Waals surface area contributed by atoms with Crippen LogP contribution in [0.5, 0.6) is 5.75 Å². The Morgan fingerprint density at radius 1 is 1.25 bits per heavy atom. The molecule has 1 rings (SSSR count). The Balaban J connectivity index is 2.20. The Labute approximate surface area is 98.7 Å². The third kappa shape index (κ3) is 5.17. The first-order chi connectivity index (χ1) is 7.72. The van der Waals surface area contributed by atoms with Crippen molar-refractivity contribution < 1.29 is 5.11 Å². The maximum Gasteiger partial charge on any atom is 0.115 e. The van der Waals surface area contributed by atoms with E-state index >= 15 is 0 Å². The molecule has 0 saturated heterocycles. The van der Waals surface area contributed by atoms with Crippen molar-refractivity contribution >= 4 is 0 Å². The van der Waals surface area contributed by atoms with Crippen molar-refractivity contribution in [3.8, 4) is 5.75 Å². The monoisotopic (exact) mass is 221 g/mol. The van der Waals surface area contributed by atoms with Gasteiger partial charge in [-0.1, -0.05) is 26.0 Å². The second-order valence-electron chi connectivity index (χ2n) is 4.51. The summed E-state index contributed by atoms with van der Waals surface area (Å²) in [7, 11) is 0. The number of hydrogen-bond donors (Lipinski definition) is 2. The molecule has 0 spiro atoms. The summed E-state index contributed by atoms with van der Waals surface area (Å²) in [5.41, 5.74) is 1.31. The molecule has 2 heteroatoms. The predicted molar refractivity (Wildman–Crippen MR) is 68.8 cm³/mol. The van der Waals surface area contributed by atoms with Crippen molar-refractivity contribution in [2.24, 2.45) is 5.92 Å². The lowest BCUT2D eigenvalue weighted by Gasteiger charge is -2.12. The number of aryl methyl sites for hydroxylation is 1. The highest BCUT2D eigenvalue weighted by molar-refractivity contribution is 5.25. The van der Waals surface area contributed by atoms with Gasteiger partial charge in [-0.2, -0.15) is 0 Å². The maximum atomic E-state index is 9.17. The fraction of sp³-hybridized carbons (Fsp3) is 0.571. The van der Waals surface area contributed by atoms with Crippen molar-refractivity contribution in [2.45, 2.75) is 33.1 Å². The minimum absolute atomic E-state index is 0.349. The van der Waals surface area contributed by atoms with Crippen LogP contribution in [-0.2, 0) is 6.42 Å². The Morgan fingerprint density at radius 3 is 2.56 bits per heavy atom. The van der Waals surface area contributed by atoms with Crippen molar-refractivity contribution in [1.82, 2.24) is 5.32 Å². The summed E-state index contributed by atoms with van der Waals surface area (Å²) in [6.07, 6.45) is 3.49. The molecule has 0 heterocycles. The van der Waals surface area contributed by atoms with Gasteiger partial charge in [0.15, 0.2) is 0 Å². The van der Waals surface area contributed by atoms with Gasteiger partial charge in [-0.05, 0) is 56.0 Å². The van der Waals surface area contributed by atoms with E-state index in [0.29, 0.717) is 11.7 Å². The molecule has 1 aromatic carbocycles. The number of benzene rings is 1. The molecular weight excluding hydrogens is 198 g/mol. The van der Waals surface area contributed by atoms with Crippen LogP contribution in [-0.4, -0.2) is 18.2 Å². The first kappa shape index (κ1) is 13.0. The van der Waals surface area contributed by atoms with E-state index < -0.39 is 0 Å². The quantitative estimate of drug-likeness (QED) is 0.694. The summed E-state index contributed by atoms with van der Waals surface area (Å²) in [6.45, 7) is 6.69. The van der Waals surface area contributed by atoms with Gasteiger partial charge in [-0.3, -0.25) is 0 Å². The van der Waals surface area contributed by atoms with E-state index in [0.717, 1.165) is 19.5 Å². The van der Waals surface area contributed by atoms with Gasteiger partial charge in [0.2, 0.25) is 0 Å². The number of aromatic hydroxyl groups is 1. The zero-order valence-corrected chi connectivity index (χ0v) is 10.4. The van der Waals surface area contributed by atoms with E-state index in [1.165, 1.54) is 18.4 Å². The predicted octanol–water partition coefficient (Wildman–Crippen LogP) is 2.96. The minimum Gasteiger partial charge on any atom is -0.508 e. The van der Waals surface area contributed by atoms with Crippen LogP contribution >= 0.6 is 0 Å². The standard InChI is InChI=1S/C14H23NO/c1-3-10-15-11-12(2)4-5-13-6-8-14(16)9-7-13/h6-9,12,15-16H,3-5,10-11H2,1-2H3. The molecule has 0 radical (unpaired) electrons. The molecule has 0 aliphatic carbocycles. The van der Waals surface area contributed by atoms with Crippen LogP contribution in [0.4, 0.5) is 0 Å². The highest BCUT2D eigenvalue weighted by Crippen LogP contribution is 2.13. The molecular formula is C14H23NO. The van der Waals surface area contributed by atoms with E-state index in [1.807, 2.05) is 12.1 Å². The summed E-state index contributed by atoms with van der Waals surface area (Å²) in [6, 6.07) is 7.52. The second-order valence-corrected chi connectivity index (χ2v) is 4.51. The lowest BCUT2D eigenvalue weighted by atomic mass is 10.0. The van der Waals surface area contributed by atoms with Gasteiger partial charge in [0.05, 0.1) is 0 Å². The molecule has 0 amide bonds. The molecule has 16 heavy (non-hydrogen) atoms. The SMILES string of the molecule is CCCNCC(C)CCc1ccc(O)cc1. The van der Waals surface area contributed by atoms with Crippen molar-refractivity contribution in [3.05, 3.63) is 29.8 Å². The van der Waals surface area contributed by atoms with E-state index in [1.54, 1.807) is 12.1 Å². The zero-order chi connectivity index (χ0) is 11.8. The fourth-order valence-electron chi connectivity index (χ4n) is 1.70. The molecule has 0 aromatic heterocycles. The van der Waals surface area contributed by atoms with Gasteiger partial charge >= 0.3 is 0 Å². The molecule has 1 atom stereocenters. The van der Waals surface area contributed by atoms with Crippen LogP contribution in [0.15, 0.2) is 24.3 Å². The molecule has 2 N–H and O–H groups in total. The number of phenols is 1. The topological polar surface area (TPSA) is 32.3 Å². The number of nitrogens with one attached hydrogen (secondary N) is 1. The summed E-state index contributed by atoms with van der Waals surface area (Å²) in [5, 5.41) is 12.6. The van der Waals surface area contributed by atoms with Crippen molar-refractivity contribution in [2.75, 3.05) is 13.1 Å². The Bertz CT molecular complexity index is 281. The molecule has 0 fully saturated rings. The Hall–Kier alpha value is -1.02. The number of phenolic OH excluding ortho intramolecular Hbond substituents is 1. The van der Waals surface area contributed by atoms with Crippen LogP contribution in [0.1, 0.15) is 32.3 Å². The molecule has 0 aliphatic rings. The average molecular weight is 221 g/mol. The minimum atomic E-state index is 0.349.